The standard InChI is InChI=1S/C13H11N3O2/c17-13(9-5-6-18-8-9)14-7-12-15-10-3-1-2-4-11(10)16-12/h1-6,8H,7H2,(H,14,17)(H,15,16). The fourth-order valence-corrected chi connectivity index (χ4v) is 1.75. The topological polar surface area (TPSA) is 70.9 Å². The van der Waals surface area contributed by atoms with Crippen molar-refractivity contribution in [1.82, 2.24) is 15.3 Å². The maximum absolute atomic E-state index is 11.7. The van der Waals surface area contributed by atoms with Crippen molar-refractivity contribution in [3.05, 3.63) is 54.2 Å². The number of para-hydroxylation sites is 2. The molecule has 2 N–H and O–H groups in total. The number of H-pyrrole nitrogens is 1. The molecule has 5 nitrogen and oxygen atoms in total. The molecule has 5 heteroatoms. The van der Waals surface area contributed by atoms with Gasteiger partial charge in [0.1, 0.15) is 12.1 Å². The Hall–Kier alpha value is -2.56. The summed E-state index contributed by atoms with van der Waals surface area (Å²) in [5.74, 6) is 0.553. The van der Waals surface area contributed by atoms with Gasteiger partial charge < -0.3 is 14.7 Å². The van der Waals surface area contributed by atoms with E-state index in [1.807, 2.05) is 24.3 Å². The Labute approximate surface area is 103 Å². The van der Waals surface area contributed by atoms with E-state index in [2.05, 4.69) is 15.3 Å². The highest BCUT2D eigenvalue weighted by Crippen LogP contribution is 2.10. The molecule has 90 valence electrons. The number of aromatic amines is 1. The summed E-state index contributed by atoms with van der Waals surface area (Å²) in [5, 5.41) is 2.77. The van der Waals surface area contributed by atoms with Crippen molar-refractivity contribution in [3.63, 3.8) is 0 Å². The van der Waals surface area contributed by atoms with E-state index in [1.54, 1.807) is 6.07 Å². The lowest BCUT2D eigenvalue weighted by molar-refractivity contribution is 0.0949. The first-order valence-electron chi connectivity index (χ1n) is 5.57. The van der Waals surface area contributed by atoms with Gasteiger partial charge in [-0.15, -0.1) is 0 Å². The van der Waals surface area contributed by atoms with E-state index in [4.69, 9.17) is 4.42 Å². The van der Waals surface area contributed by atoms with Crippen LogP contribution in [-0.2, 0) is 6.54 Å². The first-order valence-corrected chi connectivity index (χ1v) is 5.57. The van der Waals surface area contributed by atoms with Crippen molar-refractivity contribution in [1.29, 1.82) is 0 Å². The highest BCUT2D eigenvalue weighted by Gasteiger charge is 2.07. The Morgan fingerprint density at radius 1 is 1.33 bits per heavy atom. The minimum atomic E-state index is -0.177. The number of benzene rings is 1. The van der Waals surface area contributed by atoms with Crippen LogP contribution in [0.1, 0.15) is 16.2 Å². The molecule has 0 aliphatic heterocycles. The molecule has 2 heterocycles. The normalized spacial score (nSPS) is 10.7. The van der Waals surface area contributed by atoms with E-state index in [-0.39, 0.29) is 5.91 Å². The molecule has 0 bridgehead atoms. The molecule has 0 unspecified atom stereocenters. The Morgan fingerprint density at radius 2 is 2.22 bits per heavy atom. The van der Waals surface area contributed by atoms with E-state index >= 15 is 0 Å². The van der Waals surface area contributed by atoms with Crippen LogP contribution < -0.4 is 5.32 Å². The van der Waals surface area contributed by atoms with Gasteiger partial charge in [0, 0.05) is 0 Å². The number of imidazole rings is 1. The number of hydrogen-bond donors (Lipinski definition) is 2. The number of furan rings is 1. The molecule has 0 fully saturated rings. The van der Waals surface area contributed by atoms with Gasteiger partial charge in [0.15, 0.2) is 0 Å². The highest BCUT2D eigenvalue weighted by atomic mass is 16.3. The average Bonchev–Trinajstić information content (AvgIpc) is 3.04. The molecule has 2 aromatic heterocycles. The monoisotopic (exact) mass is 241 g/mol. The number of hydrogen-bond acceptors (Lipinski definition) is 3. The van der Waals surface area contributed by atoms with Crippen molar-refractivity contribution in [2.24, 2.45) is 0 Å². The second kappa shape index (κ2) is 4.37. The molecule has 0 radical (unpaired) electrons. The molecule has 3 rings (SSSR count). The van der Waals surface area contributed by atoms with Crippen LogP contribution in [0.25, 0.3) is 11.0 Å². The summed E-state index contributed by atoms with van der Waals surface area (Å²) in [6, 6.07) is 9.36. The Balaban J connectivity index is 1.71. The van der Waals surface area contributed by atoms with Gasteiger partial charge >= 0.3 is 0 Å². The van der Waals surface area contributed by atoms with Gasteiger partial charge in [-0.1, -0.05) is 12.1 Å². The molecule has 3 aromatic rings. The van der Waals surface area contributed by atoms with Crippen molar-refractivity contribution in [2.75, 3.05) is 0 Å². The second-order valence-corrected chi connectivity index (χ2v) is 3.90. The van der Waals surface area contributed by atoms with Gasteiger partial charge in [0.05, 0.1) is 29.4 Å². The molecular weight excluding hydrogens is 230 g/mol. The summed E-state index contributed by atoms with van der Waals surface area (Å²) >= 11 is 0. The van der Waals surface area contributed by atoms with Crippen molar-refractivity contribution in [2.45, 2.75) is 6.54 Å². The van der Waals surface area contributed by atoms with E-state index in [0.29, 0.717) is 12.1 Å². The number of amides is 1. The summed E-state index contributed by atoms with van der Waals surface area (Å²) in [7, 11) is 0. The molecule has 0 saturated heterocycles. The van der Waals surface area contributed by atoms with Gasteiger partial charge in [0.25, 0.3) is 5.91 Å². The number of rotatable bonds is 3. The smallest absolute Gasteiger partial charge is 0.254 e. The predicted molar refractivity (Wildman–Crippen MR) is 66.0 cm³/mol. The SMILES string of the molecule is O=C(NCc1nc2ccccc2[nH]1)c1ccoc1. The lowest BCUT2D eigenvalue weighted by atomic mass is 10.3. The molecule has 1 aromatic carbocycles. The molecule has 0 spiro atoms. The van der Waals surface area contributed by atoms with Crippen LogP contribution in [0.4, 0.5) is 0 Å². The molecular formula is C13H11N3O2. The van der Waals surface area contributed by atoms with Crippen LogP contribution in [0.15, 0.2) is 47.3 Å². The summed E-state index contributed by atoms with van der Waals surface area (Å²) in [6.07, 6.45) is 2.88. The zero-order valence-electron chi connectivity index (χ0n) is 9.51. The summed E-state index contributed by atoms with van der Waals surface area (Å²) in [4.78, 5) is 19.2. The zero-order chi connectivity index (χ0) is 12.4. The quantitative estimate of drug-likeness (QED) is 0.737. The summed E-state index contributed by atoms with van der Waals surface area (Å²) in [5.41, 5.74) is 2.36. The zero-order valence-corrected chi connectivity index (χ0v) is 9.51. The fourth-order valence-electron chi connectivity index (χ4n) is 1.75. The lowest BCUT2D eigenvalue weighted by Gasteiger charge is -1.99. The molecule has 1 amide bonds. The average molecular weight is 241 g/mol. The largest absolute Gasteiger partial charge is 0.472 e. The third-order valence-electron chi connectivity index (χ3n) is 2.64. The Kier molecular flexibility index (Phi) is 2.57. The number of carbonyl (C=O) groups is 1. The van der Waals surface area contributed by atoms with E-state index < -0.39 is 0 Å². The van der Waals surface area contributed by atoms with Crippen LogP contribution in [-0.4, -0.2) is 15.9 Å². The van der Waals surface area contributed by atoms with Gasteiger partial charge in [-0.25, -0.2) is 4.98 Å². The number of nitrogens with one attached hydrogen (secondary N) is 2. The first kappa shape index (κ1) is 10.6. The third-order valence-corrected chi connectivity index (χ3v) is 2.64. The van der Waals surface area contributed by atoms with Gasteiger partial charge in [-0.2, -0.15) is 0 Å². The fraction of sp³-hybridized carbons (Fsp3) is 0.0769. The van der Waals surface area contributed by atoms with E-state index in [0.717, 1.165) is 16.9 Å². The van der Waals surface area contributed by atoms with Crippen LogP contribution in [0.3, 0.4) is 0 Å². The van der Waals surface area contributed by atoms with Crippen LogP contribution >= 0.6 is 0 Å². The molecule has 18 heavy (non-hydrogen) atoms. The molecule has 0 aliphatic carbocycles. The second-order valence-electron chi connectivity index (χ2n) is 3.90. The molecule has 0 saturated carbocycles. The maximum Gasteiger partial charge on any atom is 0.254 e. The molecule has 0 atom stereocenters. The lowest BCUT2D eigenvalue weighted by Crippen LogP contribution is -2.22. The predicted octanol–water partition coefficient (Wildman–Crippen LogP) is 2.09. The third kappa shape index (κ3) is 1.98. The van der Waals surface area contributed by atoms with Gasteiger partial charge in [-0.3, -0.25) is 4.79 Å². The highest BCUT2D eigenvalue weighted by molar-refractivity contribution is 5.93. The minimum Gasteiger partial charge on any atom is -0.472 e. The van der Waals surface area contributed by atoms with Crippen LogP contribution in [0, 0.1) is 0 Å². The number of aromatic nitrogens is 2. The Bertz CT molecular complexity index is 637. The van der Waals surface area contributed by atoms with Crippen LogP contribution in [0.5, 0.6) is 0 Å². The number of nitrogens with zero attached hydrogens (tertiary/aromatic N) is 1. The van der Waals surface area contributed by atoms with Crippen LogP contribution in [0.2, 0.25) is 0 Å². The van der Waals surface area contributed by atoms with Crippen molar-refractivity contribution >= 4 is 16.9 Å². The van der Waals surface area contributed by atoms with Crippen molar-refractivity contribution < 1.29 is 9.21 Å². The van der Waals surface area contributed by atoms with Gasteiger partial charge in [0.2, 0.25) is 0 Å². The van der Waals surface area contributed by atoms with E-state index in [9.17, 15) is 4.79 Å². The summed E-state index contributed by atoms with van der Waals surface area (Å²) in [6.45, 7) is 0.360. The van der Waals surface area contributed by atoms with Crippen molar-refractivity contribution in [3.8, 4) is 0 Å². The van der Waals surface area contributed by atoms with E-state index in [1.165, 1.54) is 12.5 Å². The first-order chi connectivity index (χ1) is 8.83. The minimum absolute atomic E-state index is 0.177. The summed E-state index contributed by atoms with van der Waals surface area (Å²) < 4.78 is 4.85. The van der Waals surface area contributed by atoms with Gasteiger partial charge in [-0.05, 0) is 18.2 Å². The Morgan fingerprint density at radius 3 is 3.00 bits per heavy atom. The number of carbonyl (C=O) groups excluding carboxylic acids is 1. The maximum atomic E-state index is 11.7. The number of fused-ring (bicyclic) bond motifs is 1. The molecule has 0 aliphatic rings.